The van der Waals surface area contributed by atoms with E-state index in [1.54, 1.807) is 0 Å². The highest BCUT2D eigenvalue weighted by Crippen LogP contribution is 2.24. The SMILES string of the molecule is c1ccc([Si]2(c3ccccc3C[SiH]3CCCCO3)CCCCO2)cc1. The van der Waals surface area contributed by atoms with E-state index in [9.17, 15) is 0 Å². The topological polar surface area (TPSA) is 18.5 Å². The summed E-state index contributed by atoms with van der Waals surface area (Å²) < 4.78 is 12.9. The first-order chi connectivity index (χ1) is 12.4. The summed E-state index contributed by atoms with van der Waals surface area (Å²) in [5.74, 6) is 0. The van der Waals surface area contributed by atoms with Gasteiger partial charge in [-0.1, -0.05) is 67.4 Å². The van der Waals surface area contributed by atoms with Gasteiger partial charge in [-0.15, -0.1) is 0 Å². The fourth-order valence-corrected chi connectivity index (χ4v) is 11.6. The maximum atomic E-state index is 6.68. The van der Waals surface area contributed by atoms with Crippen molar-refractivity contribution in [3.63, 3.8) is 0 Å². The molecule has 25 heavy (non-hydrogen) atoms. The highest BCUT2D eigenvalue weighted by atomic mass is 28.4. The van der Waals surface area contributed by atoms with Crippen molar-refractivity contribution < 1.29 is 8.85 Å². The molecule has 0 saturated carbocycles. The van der Waals surface area contributed by atoms with Crippen LogP contribution in [-0.4, -0.2) is 30.6 Å². The Hall–Kier alpha value is -1.21. The molecular formula is C21H28O2Si2. The molecule has 2 saturated heterocycles. The van der Waals surface area contributed by atoms with Gasteiger partial charge in [0.05, 0.1) is 0 Å². The molecule has 0 N–H and O–H groups in total. The first-order valence-corrected chi connectivity index (χ1v) is 14.0. The van der Waals surface area contributed by atoms with E-state index in [4.69, 9.17) is 8.85 Å². The molecule has 2 nitrogen and oxygen atoms in total. The van der Waals surface area contributed by atoms with Crippen molar-refractivity contribution in [3.8, 4) is 0 Å². The maximum Gasteiger partial charge on any atom is 0.255 e. The third-order valence-electron chi connectivity index (χ3n) is 5.69. The monoisotopic (exact) mass is 368 g/mol. The Labute approximate surface area is 154 Å². The smallest absolute Gasteiger partial charge is 0.255 e. The predicted octanol–water partition coefficient (Wildman–Crippen LogP) is 3.17. The van der Waals surface area contributed by atoms with Gasteiger partial charge in [0.1, 0.15) is 0 Å². The molecule has 2 aromatic rings. The Kier molecular flexibility index (Phi) is 5.51. The van der Waals surface area contributed by atoms with E-state index in [1.807, 2.05) is 0 Å². The van der Waals surface area contributed by atoms with E-state index in [-0.39, 0.29) is 0 Å². The first kappa shape index (κ1) is 17.2. The molecule has 2 aromatic carbocycles. The van der Waals surface area contributed by atoms with E-state index in [0.29, 0.717) is 0 Å². The van der Waals surface area contributed by atoms with Crippen molar-refractivity contribution in [1.29, 1.82) is 0 Å². The molecule has 2 unspecified atom stereocenters. The van der Waals surface area contributed by atoms with Gasteiger partial charge in [0.2, 0.25) is 0 Å². The summed E-state index contributed by atoms with van der Waals surface area (Å²) in [6.07, 6.45) is 5.09. The number of rotatable bonds is 4. The summed E-state index contributed by atoms with van der Waals surface area (Å²) in [5.41, 5.74) is 1.51. The molecule has 2 aliphatic rings. The van der Waals surface area contributed by atoms with Crippen molar-refractivity contribution in [3.05, 3.63) is 60.2 Å². The molecule has 2 atom stereocenters. The third kappa shape index (κ3) is 3.67. The molecule has 0 radical (unpaired) electrons. The van der Waals surface area contributed by atoms with E-state index in [0.717, 1.165) is 13.2 Å². The lowest BCUT2D eigenvalue weighted by Gasteiger charge is -2.37. The van der Waals surface area contributed by atoms with E-state index >= 15 is 0 Å². The lowest BCUT2D eigenvalue weighted by atomic mass is 10.2. The second-order valence-corrected chi connectivity index (χ2v) is 13.5. The summed E-state index contributed by atoms with van der Waals surface area (Å²) in [6.45, 7) is 1.89. The molecule has 4 heteroatoms. The average molecular weight is 369 g/mol. The van der Waals surface area contributed by atoms with Crippen LogP contribution in [0.2, 0.25) is 12.1 Å². The Morgan fingerprint density at radius 2 is 1.64 bits per heavy atom. The normalized spacial score (nSPS) is 27.1. The summed E-state index contributed by atoms with van der Waals surface area (Å²) >= 11 is 0. The van der Waals surface area contributed by atoms with Gasteiger partial charge in [0.15, 0.2) is 9.04 Å². The minimum absolute atomic E-state index is 0.910. The summed E-state index contributed by atoms with van der Waals surface area (Å²) in [4.78, 5) is 0. The molecule has 2 heterocycles. The van der Waals surface area contributed by atoms with Gasteiger partial charge >= 0.3 is 0 Å². The third-order valence-corrected chi connectivity index (χ3v) is 12.7. The Bertz CT molecular complexity index is 677. The molecule has 2 aliphatic heterocycles. The minimum atomic E-state index is -2.10. The maximum absolute atomic E-state index is 6.68. The molecule has 0 amide bonds. The van der Waals surface area contributed by atoms with Crippen LogP contribution >= 0.6 is 0 Å². The Morgan fingerprint density at radius 1 is 0.840 bits per heavy atom. The molecule has 0 aromatic heterocycles. The van der Waals surface area contributed by atoms with Gasteiger partial charge in [-0.3, -0.25) is 0 Å². The fraction of sp³-hybridized carbons (Fsp3) is 0.429. The lowest BCUT2D eigenvalue weighted by molar-refractivity contribution is 0.283. The first-order valence-electron chi connectivity index (χ1n) is 9.78. The zero-order valence-electron chi connectivity index (χ0n) is 15.0. The highest BCUT2D eigenvalue weighted by Gasteiger charge is 2.42. The summed E-state index contributed by atoms with van der Waals surface area (Å²) in [7, 11) is -3.19. The van der Waals surface area contributed by atoms with E-state index < -0.39 is 17.4 Å². The molecule has 132 valence electrons. The van der Waals surface area contributed by atoms with Crippen LogP contribution < -0.4 is 10.4 Å². The van der Waals surface area contributed by atoms with Gasteiger partial charge in [-0.05, 0) is 46.9 Å². The molecule has 0 aliphatic carbocycles. The van der Waals surface area contributed by atoms with Gasteiger partial charge in [-0.25, -0.2) is 0 Å². The van der Waals surface area contributed by atoms with Crippen LogP contribution in [0.4, 0.5) is 0 Å². The van der Waals surface area contributed by atoms with Gasteiger partial charge in [-0.2, -0.15) is 0 Å². The molecule has 0 bridgehead atoms. The van der Waals surface area contributed by atoms with Crippen molar-refractivity contribution in [2.75, 3.05) is 13.2 Å². The van der Waals surface area contributed by atoms with Crippen LogP contribution in [0.1, 0.15) is 31.2 Å². The van der Waals surface area contributed by atoms with Gasteiger partial charge in [0, 0.05) is 13.2 Å². The average Bonchev–Trinajstić information content (AvgIpc) is 2.70. The fourth-order valence-electron chi connectivity index (χ4n) is 4.40. The molecule has 4 rings (SSSR count). The molecule has 0 spiro atoms. The van der Waals surface area contributed by atoms with Crippen molar-refractivity contribution >= 4 is 27.7 Å². The molecule has 2 fully saturated rings. The van der Waals surface area contributed by atoms with E-state index in [2.05, 4.69) is 54.6 Å². The lowest BCUT2D eigenvalue weighted by Crippen LogP contribution is -2.63. The van der Waals surface area contributed by atoms with Crippen LogP contribution in [0, 0.1) is 0 Å². The van der Waals surface area contributed by atoms with Gasteiger partial charge < -0.3 is 8.85 Å². The number of hydrogen-bond acceptors (Lipinski definition) is 2. The standard InChI is InChI=1S/C21H28O2Si2/c1-2-11-20(12-3-1)25(17-9-7-15-23-25)21-13-5-4-10-19(21)18-24-16-8-6-14-22-24/h1-5,10-13,24H,6-9,14-18H2. The zero-order valence-corrected chi connectivity index (χ0v) is 17.1. The van der Waals surface area contributed by atoms with Crippen LogP contribution in [0.5, 0.6) is 0 Å². The largest absolute Gasteiger partial charge is 0.420 e. The second-order valence-electron chi connectivity index (χ2n) is 7.35. The van der Waals surface area contributed by atoms with Gasteiger partial charge in [0.25, 0.3) is 8.32 Å². The Balaban J connectivity index is 1.72. The van der Waals surface area contributed by atoms with Crippen molar-refractivity contribution in [2.45, 2.75) is 43.8 Å². The Morgan fingerprint density at radius 3 is 2.40 bits per heavy atom. The van der Waals surface area contributed by atoms with Crippen LogP contribution in [-0.2, 0) is 14.9 Å². The second kappa shape index (κ2) is 8.00. The molecular weight excluding hydrogens is 340 g/mol. The summed E-state index contributed by atoms with van der Waals surface area (Å²) in [5, 5.41) is 2.95. The van der Waals surface area contributed by atoms with E-state index in [1.165, 1.54) is 59.8 Å². The van der Waals surface area contributed by atoms with Crippen LogP contribution in [0.3, 0.4) is 0 Å². The van der Waals surface area contributed by atoms with Crippen LogP contribution in [0.25, 0.3) is 0 Å². The highest BCUT2D eigenvalue weighted by molar-refractivity contribution is 6.98. The number of benzene rings is 2. The number of hydrogen-bond donors (Lipinski definition) is 0. The minimum Gasteiger partial charge on any atom is -0.420 e. The van der Waals surface area contributed by atoms with Crippen molar-refractivity contribution in [2.24, 2.45) is 0 Å². The van der Waals surface area contributed by atoms with Crippen molar-refractivity contribution in [1.82, 2.24) is 0 Å². The quantitative estimate of drug-likeness (QED) is 0.772. The zero-order chi connectivity index (χ0) is 17.0. The van der Waals surface area contributed by atoms with Crippen LogP contribution in [0.15, 0.2) is 54.6 Å². The summed E-state index contributed by atoms with van der Waals surface area (Å²) in [6, 6.07) is 23.9. The predicted molar refractivity (Wildman–Crippen MR) is 109 cm³/mol.